The SMILES string of the molecule is CC(Nc1c(F)cc(F)cc1Cl)c1nccn1C. The molecule has 0 bridgehead atoms. The molecular weight excluding hydrogens is 260 g/mol. The standard InChI is InChI=1S/C12H12ClF2N3/c1-7(12-16-3-4-18(12)2)17-11-9(13)5-8(14)6-10(11)15/h3-7,17H,1-2H3. The molecule has 0 saturated heterocycles. The van der Waals surface area contributed by atoms with Gasteiger partial charge in [0.1, 0.15) is 11.6 Å². The maximum absolute atomic E-state index is 13.6. The van der Waals surface area contributed by atoms with Gasteiger partial charge in [-0.15, -0.1) is 0 Å². The first kappa shape index (κ1) is 12.8. The lowest BCUT2D eigenvalue weighted by Gasteiger charge is -2.16. The van der Waals surface area contributed by atoms with Gasteiger partial charge in [0.2, 0.25) is 0 Å². The van der Waals surface area contributed by atoms with Gasteiger partial charge in [-0.25, -0.2) is 13.8 Å². The topological polar surface area (TPSA) is 29.9 Å². The van der Waals surface area contributed by atoms with Gasteiger partial charge in [0.25, 0.3) is 0 Å². The third-order valence-electron chi connectivity index (χ3n) is 2.61. The van der Waals surface area contributed by atoms with Crippen molar-refractivity contribution < 1.29 is 8.78 Å². The van der Waals surface area contributed by atoms with Crippen molar-refractivity contribution in [3.8, 4) is 0 Å². The molecule has 2 aromatic rings. The van der Waals surface area contributed by atoms with Gasteiger partial charge in [0.05, 0.1) is 16.8 Å². The van der Waals surface area contributed by atoms with Crippen LogP contribution in [0, 0.1) is 11.6 Å². The monoisotopic (exact) mass is 271 g/mol. The number of nitrogens with one attached hydrogen (secondary N) is 1. The minimum atomic E-state index is -0.721. The first-order valence-electron chi connectivity index (χ1n) is 5.37. The molecule has 18 heavy (non-hydrogen) atoms. The molecule has 6 heteroatoms. The van der Waals surface area contributed by atoms with E-state index in [1.165, 1.54) is 0 Å². The second-order valence-corrected chi connectivity index (χ2v) is 4.41. The Morgan fingerprint density at radius 1 is 1.39 bits per heavy atom. The number of aryl methyl sites for hydroxylation is 1. The average Bonchev–Trinajstić information content (AvgIpc) is 2.69. The second kappa shape index (κ2) is 4.94. The molecule has 0 fully saturated rings. The smallest absolute Gasteiger partial charge is 0.150 e. The van der Waals surface area contributed by atoms with E-state index in [2.05, 4.69) is 10.3 Å². The van der Waals surface area contributed by atoms with E-state index in [1.807, 2.05) is 18.5 Å². The third-order valence-corrected chi connectivity index (χ3v) is 2.91. The Morgan fingerprint density at radius 2 is 2.11 bits per heavy atom. The molecule has 0 amide bonds. The molecule has 0 aliphatic carbocycles. The summed E-state index contributed by atoms with van der Waals surface area (Å²) in [5.41, 5.74) is 0.0774. The largest absolute Gasteiger partial charge is 0.372 e. The Kier molecular flexibility index (Phi) is 3.52. The average molecular weight is 272 g/mol. The van der Waals surface area contributed by atoms with Crippen LogP contribution in [0.25, 0.3) is 0 Å². The molecule has 1 N–H and O–H groups in total. The van der Waals surface area contributed by atoms with Crippen LogP contribution in [-0.2, 0) is 7.05 Å². The lowest BCUT2D eigenvalue weighted by molar-refractivity contribution is 0.582. The molecule has 1 unspecified atom stereocenters. The van der Waals surface area contributed by atoms with E-state index in [0.29, 0.717) is 0 Å². The van der Waals surface area contributed by atoms with Crippen LogP contribution in [0.4, 0.5) is 14.5 Å². The number of halogens is 3. The van der Waals surface area contributed by atoms with Gasteiger partial charge < -0.3 is 9.88 Å². The van der Waals surface area contributed by atoms with Crippen molar-refractivity contribution in [3.63, 3.8) is 0 Å². The van der Waals surface area contributed by atoms with Crippen LogP contribution in [0.2, 0.25) is 5.02 Å². The van der Waals surface area contributed by atoms with E-state index in [4.69, 9.17) is 11.6 Å². The number of hydrogen-bond acceptors (Lipinski definition) is 2. The van der Waals surface area contributed by atoms with E-state index in [-0.39, 0.29) is 16.8 Å². The zero-order valence-electron chi connectivity index (χ0n) is 9.92. The minimum absolute atomic E-state index is 0.00793. The molecule has 1 atom stereocenters. The van der Waals surface area contributed by atoms with Crippen LogP contribution in [0.1, 0.15) is 18.8 Å². The van der Waals surface area contributed by atoms with Crippen LogP contribution in [0.15, 0.2) is 24.5 Å². The summed E-state index contributed by atoms with van der Waals surface area (Å²) in [6.07, 6.45) is 3.44. The Bertz CT molecular complexity index is 545. The lowest BCUT2D eigenvalue weighted by atomic mass is 10.2. The molecule has 3 nitrogen and oxygen atoms in total. The van der Waals surface area contributed by atoms with Crippen LogP contribution >= 0.6 is 11.6 Å². The maximum atomic E-state index is 13.6. The number of anilines is 1. The van der Waals surface area contributed by atoms with Crippen LogP contribution < -0.4 is 5.32 Å². The fourth-order valence-corrected chi connectivity index (χ4v) is 2.00. The van der Waals surface area contributed by atoms with Crippen molar-refractivity contribution in [1.29, 1.82) is 0 Å². The Balaban J connectivity index is 2.27. The number of nitrogens with zero attached hydrogens (tertiary/aromatic N) is 2. The molecule has 96 valence electrons. The van der Waals surface area contributed by atoms with E-state index in [9.17, 15) is 8.78 Å². The molecule has 0 spiro atoms. The van der Waals surface area contributed by atoms with Gasteiger partial charge in [0, 0.05) is 25.5 Å². The van der Waals surface area contributed by atoms with Gasteiger partial charge in [-0.3, -0.25) is 0 Å². The third kappa shape index (κ3) is 2.46. The summed E-state index contributed by atoms with van der Waals surface area (Å²) in [7, 11) is 1.84. The molecular formula is C12H12ClF2N3. The molecule has 2 rings (SSSR count). The number of imidazole rings is 1. The van der Waals surface area contributed by atoms with Crippen molar-refractivity contribution in [2.24, 2.45) is 7.05 Å². The fourth-order valence-electron chi connectivity index (χ4n) is 1.76. The van der Waals surface area contributed by atoms with Crippen molar-refractivity contribution in [2.45, 2.75) is 13.0 Å². The van der Waals surface area contributed by atoms with Gasteiger partial charge in [-0.1, -0.05) is 11.6 Å². The highest BCUT2D eigenvalue weighted by Crippen LogP contribution is 2.29. The van der Waals surface area contributed by atoms with Gasteiger partial charge in [-0.2, -0.15) is 0 Å². The first-order chi connectivity index (χ1) is 8.49. The van der Waals surface area contributed by atoms with Crippen molar-refractivity contribution in [3.05, 3.63) is 47.0 Å². The minimum Gasteiger partial charge on any atom is -0.372 e. The predicted octanol–water partition coefficient (Wildman–Crippen LogP) is 3.52. The highest BCUT2D eigenvalue weighted by molar-refractivity contribution is 6.33. The lowest BCUT2D eigenvalue weighted by Crippen LogP contribution is -2.13. The summed E-state index contributed by atoms with van der Waals surface area (Å²) in [6.45, 7) is 1.82. The van der Waals surface area contributed by atoms with Crippen molar-refractivity contribution >= 4 is 17.3 Å². The summed E-state index contributed by atoms with van der Waals surface area (Å²) in [4.78, 5) is 4.15. The van der Waals surface area contributed by atoms with Gasteiger partial charge >= 0.3 is 0 Å². The van der Waals surface area contributed by atoms with Crippen molar-refractivity contribution in [2.75, 3.05) is 5.32 Å². The zero-order valence-corrected chi connectivity index (χ0v) is 10.7. The van der Waals surface area contributed by atoms with E-state index in [0.717, 1.165) is 18.0 Å². The van der Waals surface area contributed by atoms with Crippen molar-refractivity contribution in [1.82, 2.24) is 9.55 Å². The Hall–Kier alpha value is -1.62. The predicted molar refractivity (Wildman–Crippen MR) is 66.6 cm³/mol. The van der Waals surface area contributed by atoms with Gasteiger partial charge in [-0.05, 0) is 13.0 Å². The number of hydrogen-bond donors (Lipinski definition) is 1. The molecule has 0 radical (unpaired) electrons. The summed E-state index contributed by atoms with van der Waals surface area (Å²) in [5, 5.41) is 2.90. The van der Waals surface area contributed by atoms with Crippen LogP contribution in [0.3, 0.4) is 0 Å². The molecule has 0 aliphatic heterocycles. The second-order valence-electron chi connectivity index (χ2n) is 4.01. The van der Waals surface area contributed by atoms with Crippen LogP contribution in [0.5, 0.6) is 0 Å². The van der Waals surface area contributed by atoms with E-state index >= 15 is 0 Å². The van der Waals surface area contributed by atoms with Crippen LogP contribution in [-0.4, -0.2) is 9.55 Å². The summed E-state index contributed by atoms with van der Waals surface area (Å²) in [5.74, 6) is -0.691. The summed E-state index contributed by atoms with van der Waals surface area (Å²) in [6, 6.07) is 1.61. The quantitative estimate of drug-likeness (QED) is 0.926. The number of rotatable bonds is 3. The number of benzene rings is 1. The van der Waals surface area contributed by atoms with Gasteiger partial charge in [0.15, 0.2) is 5.82 Å². The summed E-state index contributed by atoms with van der Waals surface area (Å²) >= 11 is 5.81. The maximum Gasteiger partial charge on any atom is 0.150 e. The molecule has 0 aliphatic rings. The highest BCUT2D eigenvalue weighted by atomic mass is 35.5. The molecule has 0 saturated carbocycles. The first-order valence-corrected chi connectivity index (χ1v) is 5.75. The fraction of sp³-hybridized carbons (Fsp3) is 0.250. The normalized spacial score (nSPS) is 12.5. The summed E-state index contributed by atoms with van der Waals surface area (Å²) < 4.78 is 28.3. The molecule has 1 heterocycles. The van der Waals surface area contributed by atoms with E-state index < -0.39 is 11.6 Å². The Labute approximate surface area is 108 Å². The molecule has 1 aromatic heterocycles. The highest BCUT2D eigenvalue weighted by Gasteiger charge is 2.15. The Morgan fingerprint density at radius 3 is 2.67 bits per heavy atom. The van der Waals surface area contributed by atoms with E-state index in [1.54, 1.807) is 12.4 Å². The molecule has 1 aromatic carbocycles. The number of aromatic nitrogens is 2. The zero-order chi connectivity index (χ0) is 13.3.